The van der Waals surface area contributed by atoms with Crippen molar-refractivity contribution in [1.82, 2.24) is 14.7 Å². The number of amides is 3. The maximum atomic E-state index is 12.7. The number of carbonyl (C=O) groups is 3. The van der Waals surface area contributed by atoms with Crippen LogP contribution in [0.15, 0.2) is 24.3 Å². The molecular weight excluding hydrogens is 438 g/mol. The molecular formula is C24H31N5O5. The minimum Gasteiger partial charge on any atom is -0.481 e. The molecule has 10 nitrogen and oxygen atoms in total. The Balaban J connectivity index is 1.27. The summed E-state index contributed by atoms with van der Waals surface area (Å²) in [6.45, 7) is 2.87. The molecule has 4 rings (SSSR count). The first-order valence-electron chi connectivity index (χ1n) is 11.6. The van der Waals surface area contributed by atoms with Crippen LogP contribution in [-0.4, -0.2) is 50.5 Å². The van der Waals surface area contributed by atoms with Gasteiger partial charge in [-0.2, -0.15) is 5.10 Å². The van der Waals surface area contributed by atoms with Crippen molar-refractivity contribution in [2.24, 2.45) is 13.0 Å². The average Bonchev–Trinajstić information content (AvgIpc) is 3.10. The number of aryl methyl sites for hydroxylation is 2. The van der Waals surface area contributed by atoms with Gasteiger partial charge in [0.15, 0.2) is 0 Å². The third kappa shape index (κ3) is 5.86. The first-order chi connectivity index (χ1) is 16.3. The first kappa shape index (κ1) is 23.6. The summed E-state index contributed by atoms with van der Waals surface area (Å²) >= 11 is 0. The summed E-state index contributed by atoms with van der Waals surface area (Å²) in [5.74, 6) is 0.0137. The normalized spacial score (nSPS) is 19.8. The van der Waals surface area contributed by atoms with Crippen LogP contribution in [-0.2, 0) is 29.5 Å². The summed E-state index contributed by atoms with van der Waals surface area (Å²) < 4.78 is 7.32. The van der Waals surface area contributed by atoms with E-state index in [0.29, 0.717) is 43.9 Å². The number of carboxylic acids is 1. The highest BCUT2D eigenvalue weighted by Gasteiger charge is 2.28. The van der Waals surface area contributed by atoms with Gasteiger partial charge < -0.3 is 20.1 Å². The van der Waals surface area contributed by atoms with Gasteiger partial charge in [0.2, 0.25) is 0 Å². The van der Waals surface area contributed by atoms with Gasteiger partial charge in [0, 0.05) is 38.3 Å². The monoisotopic (exact) mass is 469 g/mol. The quantitative estimate of drug-likeness (QED) is 0.610. The van der Waals surface area contributed by atoms with Gasteiger partial charge in [0.05, 0.1) is 5.69 Å². The predicted octanol–water partition coefficient (Wildman–Crippen LogP) is 3.90. The summed E-state index contributed by atoms with van der Waals surface area (Å²) in [6.07, 6.45) is 3.37. The maximum Gasteiger partial charge on any atom is 0.410 e. The minimum atomic E-state index is -0.769. The number of ether oxygens (including phenoxy) is 1. The zero-order valence-corrected chi connectivity index (χ0v) is 19.5. The van der Waals surface area contributed by atoms with Crippen molar-refractivity contribution in [2.45, 2.75) is 58.1 Å². The summed E-state index contributed by atoms with van der Waals surface area (Å²) in [5, 5.41) is 18.8. The van der Waals surface area contributed by atoms with Crippen LogP contribution >= 0.6 is 0 Å². The van der Waals surface area contributed by atoms with Crippen molar-refractivity contribution in [1.29, 1.82) is 0 Å². The Bertz CT molecular complexity index is 1070. The molecule has 2 heterocycles. The van der Waals surface area contributed by atoms with Gasteiger partial charge in [0.1, 0.15) is 11.9 Å². The zero-order valence-electron chi connectivity index (χ0n) is 19.5. The molecule has 0 unspecified atom stereocenters. The second-order valence-corrected chi connectivity index (χ2v) is 9.15. The molecule has 3 N–H and O–H groups in total. The molecule has 0 radical (unpaired) electrons. The minimum absolute atomic E-state index is 0.146. The number of urea groups is 1. The third-order valence-corrected chi connectivity index (χ3v) is 6.50. The standard InChI is InChI=1S/C24H31N5O5/c1-15-11-21(28(2)27-15)26-23(32)25-19-6-5-18-14-29(10-9-17(18)13-19)24(33)34-20-7-3-16(4-8-20)12-22(30)31/h5-6,11,13,16,20H,3-4,7-10,12,14H2,1-2H3,(H,30,31)(H2,25,26,32)/t16-,20-. The largest absolute Gasteiger partial charge is 0.481 e. The number of rotatable bonds is 5. The molecule has 2 aromatic rings. The fourth-order valence-corrected chi connectivity index (χ4v) is 4.71. The van der Waals surface area contributed by atoms with Crippen molar-refractivity contribution >= 4 is 29.6 Å². The molecule has 1 aromatic heterocycles. The van der Waals surface area contributed by atoms with E-state index in [4.69, 9.17) is 9.84 Å². The molecule has 182 valence electrons. The second-order valence-electron chi connectivity index (χ2n) is 9.15. The summed E-state index contributed by atoms with van der Waals surface area (Å²) in [7, 11) is 1.77. The second kappa shape index (κ2) is 10.1. The van der Waals surface area contributed by atoms with Crippen LogP contribution in [0.3, 0.4) is 0 Å². The van der Waals surface area contributed by atoms with E-state index in [1.54, 1.807) is 22.7 Å². The lowest BCUT2D eigenvalue weighted by atomic mass is 9.85. The summed E-state index contributed by atoms with van der Waals surface area (Å²) in [5.41, 5.74) is 3.62. The number of carbonyl (C=O) groups excluding carboxylic acids is 2. The summed E-state index contributed by atoms with van der Waals surface area (Å²) in [4.78, 5) is 37.6. The number of benzene rings is 1. The molecule has 0 spiro atoms. The van der Waals surface area contributed by atoms with Gasteiger partial charge in [-0.15, -0.1) is 0 Å². The van der Waals surface area contributed by atoms with E-state index < -0.39 is 5.97 Å². The Labute approximate surface area is 198 Å². The predicted molar refractivity (Wildman–Crippen MR) is 126 cm³/mol. The van der Waals surface area contributed by atoms with Gasteiger partial charge in [0.25, 0.3) is 0 Å². The van der Waals surface area contributed by atoms with Crippen LogP contribution in [0.2, 0.25) is 0 Å². The SMILES string of the molecule is Cc1cc(NC(=O)Nc2ccc3c(c2)CCN(C(=O)O[C@H]2CC[C@H](CC(=O)O)CC2)C3)n(C)n1. The van der Waals surface area contributed by atoms with Crippen LogP contribution in [0, 0.1) is 12.8 Å². The van der Waals surface area contributed by atoms with E-state index in [-0.39, 0.29) is 30.6 Å². The molecule has 3 amide bonds. The number of nitrogens with zero attached hydrogens (tertiary/aromatic N) is 3. The highest BCUT2D eigenvalue weighted by molar-refractivity contribution is 5.99. The van der Waals surface area contributed by atoms with Crippen LogP contribution in [0.1, 0.15) is 48.9 Å². The van der Waals surface area contributed by atoms with Gasteiger partial charge in [-0.25, -0.2) is 9.59 Å². The smallest absolute Gasteiger partial charge is 0.410 e. The molecule has 1 aromatic carbocycles. The van der Waals surface area contributed by atoms with Gasteiger partial charge >= 0.3 is 18.1 Å². The van der Waals surface area contributed by atoms with E-state index in [9.17, 15) is 14.4 Å². The van der Waals surface area contributed by atoms with Crippen molar-refractivity contribution in [2.75, 3.05) is 17.2 Å². The lowest BCUT2D eigenvalue weighted by molar-refractivity contribution is -0.138. The molecule has 34 heavy (non-hydrogen) atoms. The molecule has 1 aliphatic carbocycles. The van der Waals surface area contributed by atoms with Crippen molar-refractivity contribution in [3.05, 3.63) is 41.1 Å². The number of hydrogen-bond acceptors (Lipinski definition) is 5. The van der Waals surface area contributed by atoms with Gasteiger partial charge in [-0.05, 0) is 68.2 Å². The molecule has 1 fully saturated rings. The lowest BCUT2D eigenvalue weighted by Gasteiger charge is -2.32. The molecule has 10 heteroatoms. The molecule has 0 atom stereocenters. The Morgan fingerprint density at radius 1 is 1.12 bits per heavy atom. The third-order valence-electron chi connectivity index (χ3n) is 6.50. The maximum absolute atomic E-state index is 12.7. The highest BCUT2D eigenvalue weighted by atomic mass is 16.6. The van der Waals surface area contributed by atoms with Crippen LogP contribution in [0.4, 0.5) is 21.1 Å². The number of carboxylic acid groups (broad SMARTS) is 1. The number of hydrogen-bond donors (Lipinski definition) is 3. The molecule has 0 bridgehead atoms. The Kier molecular flexibility index (Phi) is 7.04. The number of fused-ring (bicyclic) bond motifs is 1. The number of nitrogens with one attached hydrogen (secondary N) is 2. The topological polar surface area (TPSA) is 126 Å². The summed E-state index contributed by atoms with van der Waals surface area (Å²) in [6, 6.07) is 7.14. The molecule has 2 aliphatic rings. The van der Waals surface area contributed by atoms with Crippen molar-refractivity contribution in [3.8, 4) is 0 Å². The van der Waals surface area contributed by atoms with E-state index in [1.165, 1.54) is 0 Å². The van der Waals surface area contributed by atoms with Crippen LogP contribution in [0.25, 0.3) is 0 Å². The van der Waals surface area contributed by atoms with Crippen LogP contribution < -0.4 is 10.6 Å². The van der Waals surface area contributed by atoms with Crippen molar-refractivity contribution < 1.29 is 24.2 Å². The molecule has 1 aliphatic heterocycles. The van der Waals surface area contributed by atoms with Gasteiger partial charge in [-0.3, -0.25) is 14.8 Å². The van der Waals surface area contributed by atoms with Crippen molar-refractivity contribution in [3.63, 3.8) is 0 Å². The van der Waals surface area contributed by atoms with E-state index in [1.807, 2.05) is 25.1 Å². The van der Waals surface area contributed by atoms with E-state index >= 15 is 0 Å². The Morgan fingerprint density at radius 3 is 2.56 bits per heavy atom. The Hall–Kier alpha value is -3.56. The number of aromatic nitrogens is 2. The van der Waals surface area contributed by atoms with E-state index in [0.717, 1.165) is 29.7 Å². The lowest BCUT2D eigenvalue weighted by Crippen LogP contribution is -2.39. The highest BCUT2D eigenvalue weighted by Crippen LogP contribution is 2.30. The number of anilines is 2. The van der Waals surface area contributed by atoms with Gasteiger partial charge in [-0.1, -0.05) is 6.07 Å². The zero-order chi connectivity index (χ0) is 24.2. The first-order valence-corrected chi connectivity index (χ1v) is 11.6. The van der Waals surface area contributed by atoms with E-state index in [2.05, 4.69) is 15.7 Å². The molecule has 1 saturated carbocycles. The van der Waals surface area contributed by atoms with Crippen LogP contribution in [0.5, 0.6) is 0 Å². The number of aliphatic carboxylic acids is 1. The average molecular weight is 470 g/mol. The fraction of sp³-hybridized carbons (Fsp3) is 0.500. The fourth-order valence-electron chi connectivity index (χ4n) is 4.71. The Morgan fingerprint density at radius 2 is 1.88 bits per heavy atom. The molecule has 0 saturated heterocycles.